The van der Waals surface area contributed by atoms with E-state index in [0.717, 1.165) is 48.2 Å². The number of unbranched alkanes of at least 4 members (excludes halogenated alkanes) is 9. The Bertz CT molecular complexity index is 797. The van der Waals surface area contributed by atoms with Gasteiger partial charge in [0.1, 0.15) is 0 Å². The Morgan fingerprint density at radius 3 is 1.88 bits per heavy atom. The van der Waals surface area contributed by atoms with Crippen LogP contribution in [-0.2, 0) is 6.42 Å². The van der Waals surface area contributed by atoms with Gasteiger partial charge in [-0.05, 0) is 49.3 Å². The van der Waals surface area contributed by atoms with Crippen LogP contribution in [0.25, 0.3) is 11.3 Å². The van der Waals surface area contributed by atoms with Gasteiger partial charge in [-0.15, -0.1) is 0 Å². The molecule has 2 aromatic heterocycles. The highest BCUT2D eigenvalue weighted by molar-refractivity contribution is 5.57. The van der Waals surface area contributed by atoms with E-state index in [9.17, 15) is 0 Å². The Balaban J connectivity index is 1.04. The van der Waals surface area contributed by atoms with Crippen LogP contribution in [0.1, 0.15) is 115 Å². The number of pyridine rings is 1. The second kappa shape index (κ2) is 14.4. The molecule has 0 amide bonds. The van der Waals surface area contributed by atoms with Gasteiger partial charge in [0.2, 0.25) is 5.88 Å². The van der Waals surface area contributed by atoms with Crippen LogP contribution in [-0.4, -0.2) is 21.8 Å². The highest BCUT2D eigenvalue weighted by atomic mass is 16.5. The largest absolute Gasteiger partial charge is 0.478 e. The smallest absolute Gasteiger partial charge is 0.213 e. The molecule has 0 atom stereocenters. The minimum atomic E-state index is 0.703. The number of ether oxygens (including phenoxy) is 1. The van der Waals surface area contributed by atoms with Crippen LogP contribution in [0.2, 0.25) is 0 Å². The van der Waals surface area contributed by atoms with E-state index in [1.54, 1.807) is 0 Å². The zero-order valence-electron chi connectivity index (χ0n) is 21.2. The van der Waals surface area contributed by atoms with Crippen molar-refractivity contribution in [1.82, 2.24) is 15.2 Å². The summed E-state index contributed by atoms with van der Waals surface area (Å²) in [5.41, 5.74) is 2.97. The fraction of sp³-hybridized carbons (Fsp3) is 0.700. The lowest BCUT2D eigenvalue weighted by Gasteiger charge is -2.07. The average Bonchev–Trinajstić information content (AvgIpc) is 3.79. The van der Waals surface area contributed by atoms with E-state index in [-0.39, 0.29) is 0 Å². The van der Waals surface area contributed by atoms with E-state index < -0.39 is 0 Å². The maximum atomic E-state index is 5.81. The summed E-state index contributed by atoms with van der Waals surface area (Å²) in [6, 6.07) is 8.17. The third-order valence-corrected chi connectivity index (χ3v) is 7.45. The Hall–Kier alpha value is -1.97. The molecule has 0 saturated heterocycles. The van der Waals surface area contributed by atoms with E-state index in [1.165, 1.54) is 103 Å². The van der Waals surface area contributed by atoms with Crippen molar-refractivity contribution in [2.75, 3.05) is 6.61 Å². The van der Waals surface area contributed by atoms with Crippen molar-refractivity contribution >= 4 is 0 Å². The molecule has 4 heteroatoms. The molecule has 0 spiro atoms. The fourth-order valence-electron chi connectivity index (χ4n) is 4.77. The molecule has 0 bridgehead atoms. The van der Waals surface area contributed by atoms with Crippen molar-refractivity contribution < 1.29 is 4.74 Å². The summed E-state index contributed by atoms with van der Waals surface area (Å²) < 4.78 is 5.81. The van der Waals surface area contributed by atoms with Crippen molar-refractivity contribution in [3.8, 4) is 17.1 Å². The van der Waals surface area contributed by atoms with Crippen LogP contribution < -0.4 is 4.74 Å². The van der Waals surface area contributed by atoms with Gasteiger partial charge in [0.05, 0.1) is 18.0 Å². The van der Waals surface area contributed by atoms with Crippen LogP contribution in [0.15, 0.2) is 30.5 Å². The molecule has 0 radical (unpaired) electrons. The lowest BCUT2D eigenvalue weighted by Crippen LogP contribution is -1.99. The summed E-state index contributed by atoms with van der Waals surface area (Å²) in [6.07, 6.45) is 26.4. The van der Waals surface area contributed by atoms with Crippen molar-refractivity contribution in [3.63, 3.8) is 0 Å². The fourth-order valence-corrected chi connectivity index (χ4v) is 4.77. The molecule has 2 saturated carbocycles. The molecule has 0 unspecified atom stereocenters. The summed E-state index contributed by atoms with van der Waals surface area (Å²) in [7, 11) is 0. The first-order valence-corrected chi connectivity index (χ1v) is 14.3. The number of hydrogen-bond donors (Lipinski definition) is 0. The van der Waals surface area contributed by atoms with E-state index in [4.69, 9.17) is 4.74 Å². The summed E-state index contributed by atoms with van der Waals surface area (Å²) in [6.45, 7) is 0.755. The Morgan fingerprint density at radius 1 is 0.647 bits per heavy atom. The molecule has 2 aromatic rings. The molecule has 2 aliphatic rings. The summed E-state index contributed by atoms with van der Waals surface area (Å²) >= 11 is 0. The minimum absolute atomic E-state index is 0.703. The maximum Gasteiger partial charge on any atom is 0.213 e. The molecule has 4 rings (SSSR count). The molecular formula is C30H45N3O. The topological polar surface area (TPSA) is 47.9 Å². The predicted octanol–water partition coefficient (Wildman–Crippen LogP) is 8.35. The second-order valence-corrected chi connectivity index (χ2v) is 10.7. The van der Waals surface area contributed by atoms with Gasteiger partial charge in [0.15, 0.2) is 0 Å². The van der Waals surface area contributed by atoms with Gasteiger partial charge >= 0.3 is 0 Å². The maximum absolute atomic E-state index is 5.81. The Kier molecular flexibility index (Phi) is 10.7. The molecule has 186 valence electrons. The number of nitrogens with zero attached hydrogens (tertiary/aromatic N) is 3. The third kappa shape index (κ3) is 10.1. The number of hydrogen-bond acceptors (Lipinski definition) is 4. The Morgan fingerprint density at radius 2 is 1.29 bits per heavy atom. The quantitative estimate of drug-likeness (QED) is 0.196. The third-order valence-electron chi connectivity index (χ3n) is 7.45. The zero-order valence-corrected chi connectivity index (χ0v) is 21.2. The second-order valence-electron chi connectivity index (χ2n) is 10.7. The van der Waals surface area contributed by atoms with Gasteiger partial charge in [0, 0.05) is 17.8 Å². The van der Waals surface area contributed by atoms with Crippen LogP contribution >= 0.6 is 0 Å². The lowest BCUT2D eigenvalue weighted by molar-refractivity contribution is 0.293. The molecule has 34 heavy (non-hydrogen) atoms. The van der Waals surface area contributed by atoms with Gasteiger partial charge in [-0.2, -0.15) is 10.2 Å². The first-order chi connectivity index (χ1) is 16.9. The van der Waals surface area contributed by atoms with Gasteiger partial charge in [0.25, 0.3) is 0 Å². The van der Waals surface area contributed by atoms with Crippen molar-refractivity contribution in [3.05, 3.63) is 36.2 Å². The minimum Gasteiger partial charge on any atom is -0.478 e. The average molecular weight is 464 g/mol. The van der Waals surface area contributed by atoms with Gasteiger partial charge in [-0.1, -0.05) is 96.3 Å². The van der Waals surface area contributed by atoms with Gasteiger partial charge in [-0.25, -0.2) is 4.98 Å². The van der Waals surface area contributed by atoms with Crippen LogP contribution in [0.3, 0.4) is 0 Å². The van der Waals surface area contributed by atoms with Gasteiger partial charge < -0.3 is 4.74 Å². The zero-order chi connectivity index (χ0) is 23.3. The summed E-state index contributed by atoms with van der Waals surface area (Å²) in [5.74, 6) is 2.86. The van der Waals surface area contributed by atoms with Crippen LogP contribution in [0.4, 0.5) is 0 Å². The van der Waals surface area contributed by atoms with E-state index in [1.807, 2.05) is 18.3 Å². The number of rotatable bonds is 19. The van der Waals surface area contributed by atoms with Gasteiger partial charge in [-0.3, -0.25) is 0 Å². The van der Waals surface area contributed by atoms with Crippen molar-refractivity contribution in [2.45, 2.75) is 116 Å². The van der Waals surface area contributed by atoms with E-state index in [2.05, 4.69) is 27.3 Å². The molecule has 0 N–H and O–H groups in total. The lowest BCUT2D eigenvalue weighted by atomic mass is 10.1. The monoisotopic (exact) mass is 463 g/mol. The van der Waals surface area contributed by atoms with Crippen molar-refractivity contribution in [1.29, 1.82) is 0 Å². The summed E-state index contributed by atoms with van der Waals surface area (Å²) in [5, 5.41) is 8.89. The predicted molar refractivity (Wildman–Crippen MR) is 140 cm³/mol. The first kappa shape index (κ1) is 25.1. The first-order valence-electron chi connectivity index (χ1n) is 14.3. The van der Waals surface area contributed by atoms with E-state index >= 15 is 0 Å². The van der Waals surface area contributed by atoms with Crippen molar-refractivity contribution in [2.24, 2.45) is 11.8 Å². The Labute approximate surface area is 207 Å². The number of aromatic nitrogens is 3. The molecule has 4 nitrogen and oxygen atoms in total. The molecule has 0 aromatic carbocycles. The normalized spacial score (nSPS) is 15.5. The molecule has 2 heterocycles. The molecule has 0 aliphatic heterocycles. The highest BCUT2D eigenvalue weighted by Gasteiger charge is 2.20. The van der Waals surface area contributed by atoms with Crippen LogP contribution in [0.5, 0.6) is 5.88 Å². The molecule has 2 fully saturated rings. The number of aryl methyl sites for hydroxylation is 1. The standard InChI is InChI=1S/C30H45N3O/c1(2-4-8-12-25-15-16-25)3-5-10-14-28-20-21-29(33-32-28)27-19-22-30(31-24-27)34-23-11-7-6-9-13-26-17-18-26/h19-22,24-26H,1-18,23H2. The van der Waals surface area contributed by atoms with Crippen LogP contribution in [0, 0.1) is 11.8 Å². The summed E-state index contributed by atoms with van der Waals surface area (Å²) in [4.78, 5) is 4.46. The molecular weight excluding hydrogens is 418 g/mol. The SMILES string of the molecule is c1cc(OCCCCCCC2CC2)ncc1-c1ccc(CCCCCCCCCC2CC2)nn1. The highest BCUT2D eigenvalue weighted by Crippen LogP contribution is 2.34. The van der Waals surface area contributed by atoms with E-state index in [0.29, 0.717) is 5.88 Å². The molecule has 2 aliphatic carbocycles.